The summed E-state index contributed by atoms with van der Waals surface area (Å²) < 4.78 is 2.49. The molecule has 0 heterocycles. The summed E-state index contributed by atoms with van der Waals surface area (Å²) in [6.45, 7) is 4.01. The van der Waals surface area contributed by atoms with E-state index in [0.717, 1.165) is 6.42 Å². The quantitative estimate of drug-likeness (QED) is 0.812. The van der Waals surface area contributed by atoms with Gasteiger partial charge in [-0.2, -0.15) is 0 Å². The molecule has 1 unspecified atom stereocenters. The van der Waals surface area contributed by atoms with Crippen molar-refractivity contribution >= 4 is 19.4 Å². The molecular formula is C12H16OSe. The molecule has 2 heteroatoms. The van der Waals surface area contributed by atoms with Crippen LogP contribution in [-0.2, 0) is 0 Å². The minimum atomic E-state index is -0.264. The van der Waals surface area contributed by atoms with Crippen LogP contribution in [0, 0.1) is 0 Å². The van der Waals surface area contributed by atoms with Gasteiger partial charge in [0.1, 0.15) is 0 Å². The second kappa shape index (κ2) is 6.02. The van der Waals surface area contributed by atoms with Gasteiger partial charge in [-0.1, -0.05) is 0 Å². The van der Waals surface area contributed by atoms with E-state index in [2.05, 4.69) is 12.1 Å². The first-order valence-corrected chi connectivity index (χ1v) is 6.56. The van der Waals surface area contributed by atoms with E-state index >= 15 is 0 Å². The SMILES string of the molecule is C/C=C(/[Se]c1ccccc1)C(O)CC. The topological polar surface area (TPSA) is 20.2 Å². The molecule has 0 radical (unpaired) electrons. The molecule has 76 valence electrons. The zero-order chi connectivity index (χ0) is 10.4. The van der Waals surface area contributed by atoms with Crippen molar-refractivity contribution < 1.29 is 5.11 Å². The molecule has 1 aromatic carbocycles. The molecule has 0 spiro atoms. The van der Waals surface area contributed by atoms with Gasteiger partial charge in [0.05, 0.1) is 0 Å². The van der Waals surface area contributed by atoms with E-state index in [9.17, 15) is 5.11 Å². The van der Waals surface area contributed by atoms with Gasteiger partial charge in [0.15, 0.2) is 0 Å². The van der Waals surface area contributed by atoms with Crippen molar-refractivity contribution in [3.8, 4) is 0 Å². The standard InChI is InChI=1S/C12H16OSe/c1-3-11(13)12(4-2)14-10-8-6-5-7-9-10/h4-9,11,13H,3H2,1-2H3/b12-4+. The summed E-state index contributed by atoms with van der Waals surface area (Å²) in [7, 11) is 0. The van der Waals surface area contributed by atoms with Gasteiger partial charge in [0, 0.05) is 0 Å². The first-order chi connectivity index (χ1) is 6.77. The average molecular weight is 255 g/mol. The van der Waals surface area contributed by atoms with E-state index in [1.54, 1.807) is 0 Å². The molecule has 0 saturated heterocycles. The van der Waals surface area contributed by atoms with E-state index in [1.165, 1.54) is 8.93 Å². The number of hydrogen-bond donors (Lipinski definition) is 1. The molecule has 1 aromatic rings. The maximum absolute atomic E-state index is 9.73. The van der Waals surface area contributed by atoms with Gasteiger partial charge in [-0.3, -0.25) is 0 Å². The summed E-state index contributed by atoms with van der Waals surface area (Å²) in [6.07, 6.45) is 2.58. The Morgan fingerprint density at radius 2 is 2.07 bits per heavy atom. The molecule has 0 amide bonds. The number of hydrogen-bond acceptors (Lipinski definition) is 1. The molecule has 0 aromatic heterocycles. The summed E-state index contributed by atoms with van der Waals surface area (Å²) in [6, 6.07) is 10.3. The second-order valence-corrected chi connectivity index (χ2v) is 5.44. The van der Waals surface area contributed by atoms with E-state index < -0.39 is 0 Å². The molecule has 0 saturated carbocycles. The Morgan fingerprint density at radius 3 is 2.57 bits per heavy atom. The average Bonchev–Trinajstić information content (AvgIpc) is 2.26. The van der Waals surface area contributed by atoms with Crippen molar-refractivity contribution in [2.24, 2.45) is 0 Å². The number of benzene rings is 1. The molecular weight excluding hydrogens is 239 g/mol. The van der Waals surface area contributed by atoms with Crippen LogP contribution < -0.4 is 4.46 Å². The van der Waals surface area contributed by atoms with E-state index in [4.69, 9.17) is 0 Å². The predicted octanol–water partition coefficient (Wildman–Crippen LogP) is 1.69. The third-order valence-electron chi connectivity index (χ3n) is 1.98. The van der Waals surface area contributed by atoms with Crippen LogP contribution >= 0.6 is 0 Å². The van der Waals surface area contributed by atoms with E-state index in [1.807, 2.05) is 38.1 Å². The Hall–Kier alpha value is -0.561. The normalized spacial score (nSPS) is 14.1. The monoisotopic (exact) mass is 256 g/mol. The fourth-order valence-corrected chi connectivity index (χ4v) is 3.21. The number of allylic oxidation sites excluding steroid dienone is 1. The van der Waals surface area contributed by atoms with Crippen molar-refractivity contribution in [3.63, 3.8) is 0 Å². The van der Waals surface area contributed by atoms with Gasteiger partial charge in [-0.05, 0) is 0 Å². The Morgan fingerprint density at radius 1 is 1.43 bits per heavy atom. The van der Waals surface area contributed by atoms with Crippen LogP contribution in [0.25, 0.3) is 0 Å². The minimum absolute atomic E-state index is 0.264. The molecule has 14 heavy (non-hydrogen) atoms. The van der Waals surface area contributed by atoms with Crippen LogP contribution in [0.4, 0.5) is 0 Å². The molecule has 0 bridgehead atoms. The molecule has 0 aliphatic rings. The zero-order valence-corrected chi connectivity index (χ0v) is 10.3. The van der Waals surface area contributed by atoms with E-state index in [-0.39, 0.29) is 21.1 Å². The third-order valence-corrected chi connectivity index (χ3v) is 4.60. The van der Waals surface area contributed by atoms with Crippen molar-refractivity contribution in [2.45, 2.75) is 26.4 Å². The Bertz CT molecular complexity index is 292. The van der Waals surface area contributed by atoms with Gasteiger partial charge >= 0.3 is 91.8 Å². The molecule has 0 fully saturated rings. The second-order valence-electron chi connectivity index (χ2n) is 3.03. The first kappa shape index (κ1) is 11.5. The summed E-state index contributed by atoms with van der Waals surface area (Å²) >= 11 is 0.269. The van der Waals surface area contributed by atoms with Crippen LogP contribution in [0.3, 0.4) is 0 Å². The summed E-state index contributed by atoms with van der Waals surface area (Å²) in [5.74, 6) is 0. The molecule has 0 aliphatic heterocycles. The van der Waals surface area contributed by atoms with Gasteiger partial charge in [-0.15, -0.1) is 0 Å². The molecule has 1 atom stereocenters. The van der Waals surface area contributed by atoms with Crippen LogP contribution in [0.15, 0.2) is 40.9 Å². The first-order valence-electron chi connectivity index (χ1n) is 4.85. The Labute approximate surface area is 92.0 Å². The predicted molar refractivity (Wildman–Crippen MR) is 61.9 cm³/mol. The van der Waals surface area contributed by atoms with Crippen molar-refractivity contribution in [2.75, 3.05) is 0 Å². The summed E-state index contributed by atoms with van der Waals surface area (Å²) in [5.41, 5.74) is 0. The van der Waals surface area contributed by atoms with Crippen molar-refractivity contribution in [3.05, 3.63) is 40.9 Å². The Kier molecular flexibility index (Phi) is 4.95. The zero-order valence-electron chi connectivity index (χ0n) is 8.60. The van der Waals surface area contributed by atoms with Gasteiger partial charge in [0.25, 0.3) is 0 Å². The molecule has 1 N–H and O–H groups in total. The Balaban J connectivity index is 2.68. The van der Waals surface area contributed by atoms with E-state index in [0.29, 0.717) is 0 Å². The molecule has 1 rings (SSSR count). The summed E-state index contributed by atoms with van der Waals surface area (Å²) in [5, 5.41) is 9.73. The van der Waals surface area contributed by atoms with Crippen LogP contribution in [0.5, 0.6) is 0 Å². The number of aliphatic hydroxyl groups is 1. The fraction of sp³-hybridized carbons (Fsp3) is 0.333. The fourth-order valence-electron chi connectivity index (χ4n) is 1.15. The number of rotatable bonds is 4. The van der Waals surface area contributed by atoms with Crippen LogP contribution in [0.1, 0.15) is 20.3 Å². The maximum atomic E-state index is 9.73. The van der Waals surface area contributed by atoms with Crippen molar-refractivity contribution in [1.82, 2.24) is 0 Å². The molecule has 0 aliphatic carbocycles. The van der Waals surface area contributed by atoms with Gasteiger partial charge in [0.2, 0.25) is 0 Å². The van der Waals surface area contributed by atoms with Crippen LogP contribution in [0.2, 0.25) is 0 Å². The van der Waals surface area contributed by atoms with Crippen LogP contribution in [-0.4, -0.2) is 26.2 Å². The summed E-state index contributed by atoms with van der Waals surface area (Å²) in [4.78, 5) is 0. The van der Waals surface area contributed by atoms with Gasteiger partial charge in [-0.25, -0.2) is 0 Å². The third kappa shape index (κ3) is 3.30. The van der Waals surface area contributed by atoms with Gasteiger partial charge < -0.3 is 0 Å². The van der Waals surface area contributed by atoms with Crippen molar-refractivity contribution in [1.29, 1.82) is 0 Å². The molecule has 1 nitrogen and oxygen atoms in total. The number of aliphatic hydroxyl groups excluding tert-OH is 1.